The van der Waals surface area contributed by atoms with Crippen molar-refractivity contribution in [2.45, 2.75) is 37.1 Å². The fourth-order valence-electron chi connectivity index (χ4n) is 2.06. The number of carboxylic acids is 1. The lowest BCUT2D eigenvalue weighted by molar-refractivity contribution is -0.153. The lowest BCUT2D eigenvalue weighted by Crippen LogP contribution is -2.47. The van der Waals surface area contributed by atoms with Gasteiger partial charge < -0.3 is 24.9 Å². The Bertz CT molecular complexity index is 342. The molecule has 1 aliphatic rings. The standard InChI is InChI=1S/C9H18NO6P/c1-10-5-3-2-4-7(10)6-9(13,8(11)12)17(14,15)16/h7,13H,2-6H2,1H3,(H,11,12)(H2,14,15,16). The summed E-state index contributed by atoms with van der Waals surface area (Å²) in [6, 6.07) is -0.322. The van der Waals surface area contributed by atoms with Crippen molar-refractivity contribution in [1.82, 2.24) is 4.90 Å². The smallest absolute Gasteiger partial charge is 0.368 e. The van der Waals surface area contributed by atoms with E-state index in [9.17, 15) is 14.5 Å². The van der Waals surface area contributed by atoms with Gasteiger partial charge in [-0.2, -0.15) is 0 Å². The monoisotopic (exact) mass is 267 g/mol. The van der Waals surface area contributed by atoms with Gasteiger partial charge in [-0.1, -0.05) is 6.42 Å². The number of carboxylic acid groups (broad SMARTS) is 1. The van der Waals surface area contributed by atoms with E-state index in [0.717, 1.165) is 19.4 Å². The van der Waals surface area contributed by atoms with Gasteiger partial charge in [-0.05, 0) is 26.4 Å². The zero-order chi connectivity index (χ0) is 13.3. The number of nitrogens with zero attached hydrogens (tertiary/aromatic N) is 1. The SMILES string of the molecule is CN1CCCCC1CC(O)(C(=O)O)P(=O)(O)O. The molecule has 0 amide bonds. The summed E-state index contributed by atoms with van der Waals surface area (Å²) < 4.78 is 11.1. The van der Waals surface area contributed by atoms with E-state index in [1.165, 1.54) is 0 Å². The van der Waals surface area contributed by atoms with Gasteiger partial charge in [0.25, 0.3) is 5.34 Å². The highest BCUT2D eigenvalue weighted by molar-refractivity contribution is 7.54. The molecule has 0 aromatic heterocycles. The highest BCUT2D eigenvalue weighted by atomic mass is 31.2. The van der Waals surface area contributed by atoms with Gasteiger partial charge in [-0.25, -0.2) is 4.79 Å². The zero-order valence-electron chi connectivity index (χ0n) is 9.61. The van der Waals surface area contributed by atoms with E-state index >= 15 is 0 Å². The summed E-state index contributed by atoms with van der Waals surface area (Å²) in [7, 11) is -3.35. The molecule has 0 aliphatic carbocycles. The van der Waals surface area contributed by atoms with E-state index < -0.39 is 25.3 Å². The second kappa shape index (κ2) is 5.04. The third-order valence-electron chi connectivity index (χ3n) is 3.27. The molecule has 1 fully saturated rings. The Morgan fingerprint density at radius 2 is 2.06 bits per heavy atom. The fraction of sp³-hybridized carbons (Fsp3) is 0.889. The summed E-state index contributed by atoms with van der Waals surface area (Å²) >= 11 is 0. The molecule has 2 unspecified atom stereocenters. The number of likely N-dealkylation sites (tertiary alicyclic amines) is 1. The van der Waals surface area contributed by atoms with Gasteiger partial charge in [0.05, 0.1) is 0 Å². The molecule has 1 rings (SSSR count). The van der Waals surface area contributed by atoms with Crippen LogP contribution in [0.5, 0.6) is 0 Å². The number of carbonyl (C=O) groups is 1. The molecule has 1 aliphatic heterocycles. The molecule has 17 heavy (non-hydrogen) atoms. The average Bonchev–Trinajstić information content (AvgIpc) is 2.19. The summed E-state index contributed by atoms with van der Waals surface area (Å²) in [5.74, 6) is -1.87. The Hall–Kier alpha value is -0.460. The number of hydrogen-bond acceptors (Lipinski definition) is 4. The Balaban J connectivity index is 2.87. The molecule has 4 N–H and O–H groups in total. The molecule has 8 heteroatoms. The molecule has 0 bridgehead atoms. The molecule has 100 valence electrons. The van der Waals surface area contributed by atoms with Crippen LogP contribution in [0.3, 0.4) is 0 Å². The molecular weight excluding hydrogens is 249 g/mol. The van der Waals surface area contributed by atoms with Crippen LogP contribution in [0, 0.1) is 0 Å². The third kappa shape index (κ3) is 3.05. The Morgan fingerprint density at radius 3 is 2.47 bits per heavy atom. The topological polar surface area (TPSA) is 118 Å². The molecule has 0 saturated carbocycles. The minimum Gasteiger partial charge on any atom is -0.479 e. The summed E-state index contributed by atoms with van der Waals surface area (Å²) in [5, 5.41) is 15.5. The largest absolute Gasteiger partial charge is 0.479 e. The van der Waals surface area contributed by atoms with Crippen molar-refractivity contribution < 1.29 is 29.4 Å². The Labute approximate surface area is 99.2 Å². The molecule has 2 atom stereocenters. The van der Waals surface area contributed by atoms with Gasteiger partial charge in [0.15, 0.2) is 0 Å². The minimum atomic E-state index is -5.11. The molecule has 0 aromatic rings. The zero-order valence-corrected chi connectivity index (χ0v) is 10.5. The van der Waals surface area contributed by atoms with Crippen LogP contribution in [0.25, 0.3) is 0 Å². The molecule has 1 heterocycles. The van der Waals surface area contributed by atoms with Gasteiger partial charge in [0.1, 0.15) is 0 Å². The van der Waals surface area contributed by atoms with Crippen LogP contribution in [0.1, 0.15) is 25.7 Å². The normalized spacial score (nSPS) is 26.5. The number of aliphatic hydroxyl groups is 1. The molecule has 1 saturated heterocycles. The number of aliphatic carboxylic acids is 1. The first-order chi connectivity index (χ1) is 7.68. The molecular formula is C9H18NO6P. The quantitative estimate of drug-likeness (QED) is 0.521. The van der Waals surface area contributed by atoms with Crippen molar-refractivity contribution in [2.24, 2.45) is 0 Å². The summed E-state index contributed by atoms with van der Waals surface area (Å²) in [6.45, 7) is 0.738. The maximum absolute atomic E-state index is 11.1. The van der Waals surface area contributed by atoms with Crippen LogP contribution in [0.2, 0.25) is 0 Å². The van der Waals surface area contributed by atoms with E-state index in [1.54, 1.807) is 7.05 Å². The van der Waals surface area contributed by atoms with Gasteiger partial charge in [0.2, 0.25) is 0 Å². The van der Waals surface area contributed by atoms with Gasteiger partial charge >= 0.3 is 13.6 Å². The van der Waals surface area contributed by atoms with Crippen LogP contribution in [-0.2, 0) is 9.36 Å². The van der Waals surface area contributed by atoms with Crippen molar-refractivity contribution in [3.63, 3.8) is 0 Å². The third-order valence-corrected chi connectivity index (χ3v) is 4.60. The number of piperidine rings is 1. The van der Waals surface area contributed by atoms with Crippen molar-refractivity contribution in [1.29, 1.82) is 0 Å². The summed E-state index contributed by atoms with van der Waals surface area (Å²) in [4.78, 5) is 30.7. The molecule has 0 aromatic carbocycles. The van der Waals surface area contributed by atoms with E-state index in [1.807, 2.05) is 4.90 Å². The lowest BCUT2D eigenvalue weighted by Gasteiger charge is -2.36. The summed E-state index contributed by atoms with van der Waals surface area (Å²) in [6.07, 6.45) is 2.01. The fourth-order valence-corrected chi connectivity index (χ4v) is 2.76. The van der Waals surface area contributed by atoms with Crippen LogP contribution in [0.4, 0.5) is 0 Å². The molecule has 0 radical (unpaired) electrons. The van der Waals surface area contributed by atoms with Gasteiger partial charge in [-0.3, -0.25) is 4.57 Å². The second-order valence-electron chi connectivity index (χ2n) is 4.50. The van der Waals surface area contributed by atoms with E-state index in [0.29, 0.717) is 6.42 Å². The van der Waals surface area contributed by atoms with Crippen LogP contribution in [-0.4, -0.2) is 55.8 Å². The Morgan fingerprint density at radius 1 is 1.47 bits per heavy atom. The van der Waals surface area contributed by atoms with Crippen LogP contribution >= 0.6 is 7.60 Å². The highest BCUT2D eigenvalue weighted by Crippen LogP contribution is 2.52. The average molecular weight is 267 g/mol. The van der Waals surface area contributed by atoms with Gasteiger partial charge in [0, 0.05) is 12.5 Å². The van der Waals surface area contributed by atoms with E-state index in [4.69, 9.17) is 14.9 Å². The maximum Gasteiger partial charge on any atom is 0.368 e. The van der Waals surface area contributed by atoms with E-state index in [2.05, 4.69) is 0 Å². The molecule has 7 nitrogen and oxygen atoms in total. The van der Waals surface area contributed by atoms with Crippen LogP contribution < -0.4 is 0 Å². The Kier molecular flexibility index (Phi) is 4.33. The van der Waals surface area contributed by atoms with E-state index in [-0.39, 0.29) is 6.04 Å². The van der Waals surface area contributed by atoms with Crippen molar-refractivity contribution in [3.8, 4) is 0 Å². The highest BCUT2D eigenvalue weighted by Gasteiger charge is 2.54. The maximum atomic E-state index is 11.1. The van der Waals surface area contributed by atoms with Crippen molar-refractivity contribution >= 4 is 13.6 Å². The minimum absolute atomic E-state index is 0.322. The predicted molar refractivity (Wildman–Crippen MR) is 59.5 cm³/mol. The van der Waals surface area contributed by atoms with Crippen molar-refractivity contribution in [3.05, 3.63) is 0 Å². The molecule has 0 spiro atoms. The predicted octanol–water partition coefficient (Wildman–Crippen LogP) is -0.188. The second-order valence-corrected chi connectivity index (χ2v) is 6.33. The summed E-state index contributed by atoms with van der Waals surface area (Å²) in [5.41, 5.74) is 0. The van der Waals surface area contributed by atoms with Crippen molar-refractivity contribution in [2.75, 3.05) is 13.6 Å². The first-order valence-electron chi connectivity index (χ1n) is 5.40. The first kappa shape index (κ1) is 14.6. The number of hydrogen-bond donors (Lipinski definition) is 4. The first-order valence-corrected chi connectivity index (χ1v) is 7.01. The lowest BCUT2D eigenvalue weighted by atomic mass is 9.97. The van der Waals surface area contributed by atoms with Crippen LogP contribution in [0.15, 0.2) is 0 Å². The number of rotatable bonds is 4. The van der Waals surface area contributed by atoms with Gasteiger partial charge in [-0.15, -0.1) is 0 Å².